The van der Waals surface area contributed by atoms with Crippen LogP contribution in [0.4, 0.5) is 5.69 Å². The van der Waals surface area contributed by atoms with Crippen LogP contribution in [0.25, 0.3) is 0 Å². The molecule has 1 N–H and O–H groups in total. The zero-order chi connectivity index (χ0) is 16.0. The first kappa shape index (κ1) is 17.7. The third-order valence-electron chi connectivity index (χ3n) is 3.07. The molecule has 0 spiro atoms. The van der Waals surface area contributed by atoms with Crippen molar-refractivity contribution in [2.45, 2.75) is 39.0 Å². The van der Waals surface area contributed by atoms with Crippen LogP contribution in [0.2, 0.25) is 0 Å². The number of hydrogen-bond acceptors (Lipinski definition) is 3. The highest BCUT2D eigenvalue weighted by Crippen LogP contribution is 2.18. The number of carbonyl (C=O) groups is 1. The summed E-state index contributed by atoms with van der Waals surface area (Å²) in [5.41, 5.74) is 0.610. The number of nitrogens with one attached hydrogen (secondary N) is 1. The van der Waals surface area contributed by atoms with Gasteiger partial charge in [-0.3, -0.25) is 4.79 Å². The van der Waals surface area contributed by atoms with E-state index >= 15 is 0 Å². The van der Waals surface area contributed by atoms with Crippen molar-refractivity contribution in [2.24, 2.45) is 5.92 Å². The number of rotatable bonds is 7. The van der Waals surface area contributed by atoms with Crippen LogP contribution in [0.1, 0.15) is 34.1 Å². The molecule has 5 nitrogen and oxygen atoms in total. The van der Waals surface area contributed by atoms with E-state index in [9.17, 15) is 13.2 Å². The second kappa shape index (κ2) is 7.56. The Morgan fingerprint density at radius 2 is 1.67 bits per heavy atom. The normalized spacial score (nSPS) is 11.9. The standard InChI is InChI=1S/C15H24N2O3S/c1-5-17(6-2)21(19,20)14-9-7-13(8-10-14)16-15(18)11-12(3)4/h7-10,12H,5-6,11H2,1-4H3,(H,16,18). The summed E-state index contributed by atoms with van der Waals surface area (Å²) < 4.78 is 26.0. The Kier molecular flexibility index (Phi) is 6.36. The first-order valence-corrected chi connectivity index (χ1v) is 8.65. The monoisotopic (exact) mass is 312 g/mol. The fraction of sp³-hybridized carbons (Fsp3) is 0.533. The van der Waals surface area contributed by atoms with Crippen molar-refractivity contribution in [3.8, 4) is 0 Å². The summed E-state index contributed by atoms with van der Waals surface area (Å²) in [4.78, 5) is 11.9. The zero-order valence-electron chi connectivity index (χ0n) is 13.1. The Hall–Kier alpha value is -1.40. The van der Waals surface area contributed by atoms with Gasteiger partial charge in [-0.1, -0.05) is 27.7 Å². The Balaban J connectivity index is 2.85. The molecule has 0 radical (unpaired) electrons. The van der Waals surface area contributed by atoms with Crippen LogP contribution in [0.15, 0.2) is 29.2 Å². The highest BCUT2D eigenvalue weighted by molar-refractivity contribution is 7.89. The van der Waals surface area contributed by atoms with Crippen molar-refractivity contribution in [2.75, 3.05) is 18.4 Å². The lowest BCUT2D eigenvalue weighted by Crippen LogP contribution is -2.30. The van der Waals surface area contributed by atoms with Gasteiger partial charge >= 0.3 is 0 Å². The number of sulfonamides is 1. The highest BCUT2D eigenvalue weighted by Gasteiger charge is 2.21. The van der Waals surface area contributed by atoms with Gasteiger partial charge in [0.2, 0.25) is 15.9 Å². The van der Waals surface area contributed by atoms with Crippen LogP contribution < -0.4 is 5.32 Å². The van der Waals surface area contributed by atoms with E-state index in [1.165, 1.54) is 16.4 Å². The van der Waals surface area contributed by atoms with Gasteiger partial charge in [-0.25, -0.2) is 8.42 Å². The fourth-order valence-corrected chi connectivity index (χ4v) is 3.46. The van der Waals surface area contributed by atoms with E-state index in [2.05, 4.69) is 5.32 Å². The summed E-state index contributed by atoms with van der Waals surface area (Å²) in [5.74, 6) is 0.219. The topological polar surface area (TPSA) is 66.5 Å². The number of nitrogens with zero attached hydrogens (tertiary/aromatic N) is 1. The molecule has 6 heteroatoms. The van der Waals surface area contributed by atoms with Gasteiger partial charge in [0.25, 0.3) is 0 Å². The van der Waals surface area contributed by atoms with E-state index in [1.807, 2.05) is 27.7 Å². The molecule has 0 saturated heterocycles. The largest absolute Gasteiger partial charge is 0.326 e. The maximum absolute atomic E-state index is 12.3. The Morgan fingerprint density at radius 1 is 1.14 bits per heavy atom. The van der Waals surface area contributed by atoms with Crippen LogP contribution in [-0.2, 0) is 14.8 Å². The van der Waals surface area contributed by atoms with Gasteiger partial charge in [-0.05, 0) is 30.2 Å². The summed E-state index contributed by atoms with van der Waals surface area (Å²) in [6.45, 7) is 8.43. The fourth-order valence-electron chi connectivity index (χ4n) is 2.01. The molecule has 21 heavy (non-hydrogen) atoms. The van der Waals surface area contributed by atoms with Crippen LogP contribution in [0.5, 0.6) is 0 Å². The molecule has 0 aliphatic heterocycles. The molecule has 0 atom stereocenters. The second-order valence-corrected chi connectivity index (χ2v) is 7.20. The minimum absolute atomic E-state index is 0.0654. The molecule has 0 saturated carbocycles. The maximum Gasteiger partial charge on any atom is 0.243 e. The lowest BCUT2D eigenvalue weighted by atomic mass is 10.1. The number of hydrogen-bond donors (Lipinski definition) is 1. The van der Waals surface area contributed by atoms with E-state index in [0.29, 0.717) is 25.2 Å². The summed E-state index contributed by atoms with van der Waals surface area (Å²) in [5, 5.41) is 2.76. The molecule has 0 aliphatic rings. The first-order chi connectivity index (χ1) is 9.81. The van der Waals surface area contributed by atoms with E-state index in [1.54, 1.807) is 12.1 Å². The Labute approximate surface area is 127 Å². The molecule has 0 aromatic heterocycles. The van der Waals surface area contributed by atoms with Gasteiger partial charge in [0, 0.05) is 25.2 Å². The van der Waals surface area contributed by atoms with Crippen molar-refractivity contribution in [1.29, 1.82) is 0 Å². The number of amides is 1. The molecule has 0 bridgehead atoms. The number of carbonyl (C=O) groups excluding carboxylic acids is 1. The van der Waals surface area contributed by atoms with Crippen LogP contribution in [0.3, 0.4) is 0 Å². The molecule has 118 valence electrons. The molecule has 1 aromatic rings. The summed E-state index contributed by atoms with van der Waals surface area (Å²) in [7, 11) is -3.44. The van der Waals surface area contributed by atoms with Crippen molar-refractivity contribution in [1.82, 2.24) is 4.31 Å². The highest BCUT2D eigenvalue weighted by atomic mass is 32.2. The summed E-state index contributed by atoms with van der Waals surface area (Å²) in [6.07, 6.45) is 0.444. The Bertz CT molecular complexity index is 561. The molecule has 1 rings (SSSR count). The third kappa shape index (κ3) is 4.82. The average Bonchev–Trinajstić information content (AvgIpc) is 2.39. The van der Waals surface area contributed by atoms with Gasteiger partial charge in [0.05, 0.1) is 4.90 Å². The average molecular weight is 312 g/mol. The van der Waals surface area contributed by atoms with Gasteiger partial charge in [0.15, 0.2) is 0 Å². The van der Waals surface area contributed by atoms with Crippen molar-refractivity contribution >= 4 is 21.6 Å². The van der Waals surface area contributed by atoms with Gasteiger partial charge in [0.1, 0.15) is 0 Å². The van der Waals surface area contributed by atoms with Gasteiger partial charge in [-0.2, -0.15) is 4.31 Å². The summed E-state index contributed by atoms with van der Waals surface area (Å²) in [6, 6.07) is 6.29. The first-order valence-electron chi connectivity index (χ1n) is 7.21. The van der Waals surface area contributed by atoms with Crippen LogP contribution in [-0.4, -0.2) is 31.7 Å². The van der Waals surface area contributed by atoms with Gasteiger partial charge < -0.3 is 5.32 Å². The van der Waals surface area contributed by atoms with Crippen molar-refractivity contribution < 1.29 is 13.2 Å². The lowest BCUT2D eigenvalue weighted by Gasteiger charge is -2.18. The smallest absolute Gasteiger partial charge is 0.243 e. The second-order valence-electron chi connectivity index (χ2n) is 5.26. The van der Waals surface area contributed by atoms with Gasteiger partial charge in [-0.15, -0.1) is 0 Å². The van der Waals surface area contributed by atoms with Crippen LogP contribution >= 0.6 is 0 Å². The van der Waals surface area contributed by atoms with E-state index < -0.39 is 10.0 Å². The molecular formula is C15H24N2O3S. The molecule has 0 unspecified atom stereocenters. The molecule has 0 fully saturated rings. The zero-order valence-corrected chi connectivity index (χ0v) is 13.9. The SMILES string of the molecule is CCN(CC)S(=O)(=O)c1ccc(NC(=O)CC(C)C)cc1. The van der Waals surface area contributed by atoms with E-state index in [4.69, 9.17) is 0 Å². The number of anilines is 1. The third-order valence-corrected chi connectivity index (χ3v) is 5.14. The Morgan fingerprint density at radius 3 is 2.10 bits per heavy atom. The molecule has 1 amide bonds. The molecular weight excluding hydrogens is 288 g/mol. The molecule has 0 aliphatic carbocycles. The van der Waals surface area contributed by atoms with E-state index in [0.717, 1.165) is 0 Å². The van der Waals surface area contributed by atoms with Crippen molar-refractivity contribution in [3.05, 3.63) is 24.3 Å². The predicted octanol–water partition coefficient (Wildman–Crippen LogP) is 2.70. The summed E-state index contributed by atoms with van der Waals surface area (Å²) >= 11 is 0. The van der Waals surface area contributed by atoms with E-state index in [-0.39, 0.29) is 16.7 Å². The number of benzene rings is 1. The maximum atomic E-state index is 12.3. The molecule has 0 heterocycles. The lowest BCUT2D eigenvalue weighted by molar-refractivity contribution is -0.116. The quantitative estimate of drug-likeness (QED) is 0.842. The minimum Gasteiger partial charge on any atom is -0.326 e. The van der Waals surface area contributed by atoms with Crippen molar-refractivity contribution in [3.63, 3.8) is 0 Å². The predicted molar refractivity (Wildman–Crippen MR) is 84.6 cm³/mol. The molecule has 1 aromatic carbocycles. The van der Waals surface area contributed by atoms with Crippen LogP contribution in [0, 0.1) is 5.92 Å². The minimum atomic E-state index is -3.44.